The largest absolute Gasteiger partial charge is 0.356 e. The van der Waals surface area contributed by atoms with Crippen molar-refractivity contribution in [3.05, 3.63) is 34.3 Å². The third-order valence-electron chi connectivity index (χ3n) is 6.42. The van der Waals surface area contributed by atoms with E-state index in [0.717, 1.165) is 55.5 Å². The summed E-state index contributed by atoms with van der Waals surface area (Å²) in [7, 11) is 1.83. The third kappa shape index (κ3) is 6.09. The second kappa shape index (κ2) is 9.98. The predicted molar refractivity (Wildman–Crippen MR) is 132 cm³/mol. The number of carbonyl (C=O) groups excluding carboxylic acids is 1. The van der Waals surface area contributed by atoms with Crippen molar-refractivity contribution in [2.24, 2.45) is 10.9 Å². The van der Waals surface area contributed by atoms with Gasteiger partial charge in [0.05, 0.1) is 0 Å². The molecule has 4 rings (SSSR count). The summed E-state index contributed by atoms with van der Waals surface area (Å²) in [5.74, 6) is 1.25. The number of hydrogen-bond acceptors (Lipinski definition) is 2. The van der Waals surface area contributed by atoms with Crippen LogP contribution in [0.5, 0.6) is 0 Å². The van der Waals surface area contributed by atoms with Gasteiger partial charge in [-0.3, -0.25) is 9.79 Å². The van der Waals surface area contributed by atoms with Crippen molar-refractivity contribution in [2.75, 3.05) is 13.6 Å². The third-order valence-corrected chi connectivity index (χ3v) is 6.91. The van der Waals surface area contributed by atoms with E-state index in [9.17, 15) is 4.79 Å². The van der Waals surface area contributed by atoms with E-state index in [1.54, 1.807) is 0 Å². The van der Waals surface area contributed by atoms with E-state index >= 15 is 0 Å². The van der Waals surface area contributed by atoms with E-state index < -0.39 is 0 Å². The number of carbonyl (C=O) groups is 1. The van der Waals surface area contributed by atoms with Gasteiger partial charge in [-0.2, -0.15) is 0 Å². The Hall–Kier alpha value is -0.830. The molecule has 1 amide bonds. The van der Waals surface area contributed by atoms with Crippen LogP contribution < -0.4 is 16.0 Å². The minimum Gasteiger partial charge on any atom is -0.356 e. The summed E-state index contributed by atoms with van der Waals surface area (Å²) in [6.45, 7) is 0.890. The molecule has 1 aromatic carbocycles. The summed E-state index contributed by atoms with van der Waals surface area (Å²) in [4.78, 5) is 16.8. The van der Waals surface area contributed by atoms with Gasteiger partial charge in [0.2, 0.25) is 5.91 Å². The molecule has 7 heteroatoms. The molecule has 3 aliphatic rings. The number of nitrogens with one attached hydrogen (secondary N) is 3. The molecule has 3 aliphatic carbocycles. The molecule has 3 saturated carbocycles. The summed E-state index contributed by atoms with van der Waals surface area (Å²) < 4.78 is 1.14. The zero-order valence-corrected chi connectivity index (χ0v) is 21.0. The van der Waals surface area contributed by atoms with Gasteiger partial charge in [0.1, 0.15) is 0 Å². The van der Waals surface area contributed by atoms with Crippen molar-refractivity contribution in [2.45, 2.75) is 68.9 Å². The number of hydrogen-bond donors (Lipinski definition) is 3. The van der Waals surface area contributed by atoms with E-state index in [2.05, 4.69) is 61.1 Å². The molecule has 0 radical (unpaired) electrons. The summed E-state index contributed by atoms with van der Waals surface area (Å²) in [6, 6.07) is 9.40. The first-order valence-corrected chi connectivity index (χ1v) is 11.4. The lowest BCUT2D eigenvalue weighted by Gasteiger charge is -2.30. The molecule has 0 saturated heterocycles. The Balaban J connectivity index is 0.00000240. The molecule has 1 aromatic rings. The molecule has 2 atom stereocenters. The van der Waals surface area contributed by atoms with Crippen molar-refractivity contribution in [1.29, 1.82) is 0 Å². The number of halogens is 2. The van der Waals surface area contributed by atoms with Crippen LogP contribution in [0.4, 0.5) is 0 Å². The van der Waals surface area contributed by atoms with E-state index in [-0.39, 0.29) is 41.2 Å². The van der Waals surface area contributed by atoms with Crippen molar-refractivity contribution in [3.63, 3.8) is 0 Å². The fourth-order valence-corrected chi connectivity index (χ4v) is 4.68. The maximum Gasteiger partial charge on any atom is 0.223 e. The monoisotopic (exact) mass is 574 g/mol. The van der Waals surface area contributed by atoms with Gasteiger partial charge >= 0.3 is 0 Å². The SMILES string of the molecule is CN=C(NCC1(c2cccc(Br)c2)CC1)NC1CCCC(C(=O)NC2CC2)C1.I. The lowest BCUT2D eigenvalue weighted by atomic mass is 9.85. The lowest BCUT2D eigenvalue weighted by Crippen LogP contribution is -2.48. The number of benzene rings is 1. The second-order valence-electron chi connectivity index (χ2n) is 8.70. The van der Waals surface area contributed by atoms with Gasteiger partial charge in [-0.1, -0.05) is 34.5 Å². The molecule has 160 valence electrons. The molecule has 0 spiro atoms. The van der Waals surface area contributed by atoms with Crippen LogP contribution in [0.2, 0.25) is 0 Å². The molecule has 3 N–H and O–H groups in total. The number of rotatable bonds is 6. The highest BCUT2D eigenvalue weighted by molar-refractivity contribution is 14.0. The highest BCUT2D eigenvalue weighted by atomic mass is 127. The first kappa shape index (κ1) is 22.8. The van der Waals surface area contributed by atoms with E-state index in [1.165, 1.54) is 18.4 Å². The zero-order valence-electron chi connectivity index (χ0n) is 17.0. The van der Waals surface area contributed by atoms with E-state index in [0.29, 0.717) is 12.1 Å². The molecule has 3 fully saturated rings. The van der Waals surface area contributed by atoms with Gasteiger partial charge in [0, 0.05) is 41.5 Å². The molecule has 5 nitrogen and oxygen atoms in total. The predicted octanol–water partition coefficient (Wildman–Crippen LogP) is 4.10. The van der Waals surface area contributed by atoms with Gasteiger partial charge in [0.25, 0.3) is 0 Å². The standard InChI is InChI=1S/C22H31BrN4O.HI/c1-24-21(25-14-22(10-11-22)16-5-3-6-17(23)13-16)27-19-7-2-4-15(12-19)20(28)26-18-8-9-18;/h3,5-6,13,15,18-19H,2,4,7-12,14H2,1H3,(H,26,28)(H2,24,25,27);1H. The minimum atomic E-state index is 0. The van der Waals surface area contributed by atoms with Crippen LogP contribution in [-0.2, 0) is 10.2 Å². The Morgan fingerprint density at radius 2 is 1.97 bits per heavy atom. The first-order chi connectivity index (χ1) is 13.6. The molecular formula is C22H32BrIN4O. The Morgan fingerprint density at radius 3 is 2.62 bits per heavy atom. The van der Waals surface area contributed by atoms with Crippen LogP contribution in [0, 0.1) is 5.92 Å². The summed E-state index contributed by atoms with van der Waals surface area (Å²) in [5.41, 5.74) is 1.61. The maximum atomic E-state index is 12.4. The second-order valence-corrected chi connectivity index (χ2v) is 9.62. The molecular weight excluding hydrogens is 543 g/mol. The van der Waals surface area contributed by atoms with Crippen molar-refractivity contribution < 1.29 is 4.79 Å². The van der Waals surface area contributed by atoms with Gasteiger partial charge in [-0.25, -0.2) is 0 Å². The van der Waals surface area contributed by atoms with E-state index in [4.69, 9.17) is 0 Å². The molecule has 0 bridgehead atoms. The minimum absolute atomic E-state index is 0. The quantitative estimate of drug-likeness (QED) is 0.272. The van der Waals surface area contributed by atoms with Gasteiger partial charge in [-0.05, 0) is 62.6 Å². The average Bonchev–Trinajstić information content (AvgIpc) is 3.62. The van der Waals surface area contributed by atoms with Crippen LogP contribution in [0.3, 0.4) is 0 Å². The normalized spacial score (nSPS) is 25.5. The first-order valence-electron chi connectivity index (χ1n) is 10.6. The number of guanidine groups is 1. The van der Waals surface area contributed by atoms with Crippen molar-refractivity contribution >= 4 is 51.8 Å². The highest BCUT2D eigenvalue weighted by Gasteiger charge is 2.44. The lowest BCUT2D eigenvalue weighted by molar-refractivity contribution is -0.126. The Labute approximate surface area is 199 Å². The van der Waals surface area contributed by atoms with E-state index in [1.807, 2.05) is 7.05 Å². The molecule has 2 unspecified atom stereocenters. The summed E-state index contributed by atoms with van der Waals surface area (Å²) >= 11 is 3.59. The molecule has 0 aromatic heterocycles. The highest BCUT2D eigenvalue weighted by Crippen LogP contribution is 2.48. The van der Waals surface area contributed by atoms with Crippen LogP contribution in [-0.4, -0.2) is 37.5 Å². The van der Waals surface area contributed by atoms with Crippen molar-refractivity contribution in [3.8, 4) is 0 Å². The Morgan fingerprint density at radius 1 is 1.17 bits per heavy atom. The number of amides is 1. The van der Waals surface area contributed by atoms with Crippen molar-refractivity contribution in [1.82, 2.24) is 16.0 Å². The number of nitrogens with zero attached hydrogens (tertiary/aromatic N) is 1. The fourth-order valence-electron chi connectivity index (χ4n) is 4.28. The molecule has 0 heterocycles. The van der Waals surface area contributed by atoms with Gasteiger partial charge < -0.3 is 16.0 Å². The topological polar surface area (TPSA) is 65.5 Å². The number of aliphatic imine (C=N–C) groups is 1. The van der Waals surface area contributed by atoms with Crippen LogP contribution >= 0.6 is 39.9 Å². The van der Waals surface area contributed by atoms with Crippen LogP contribution in [0.1, 0.15) is 56.9 Å². The van der Waals surface area contributed by atoms with Crippen LogP contribution in [0.25, 0.3) is 0 Å². The van der Waals surface area contributed by atoms with Gasteiger partial charge in [-0.15, -0.1) is 24.0 Å². The average molecular weight is 575 g/mol. The van der Waals surface area contributed by atoms with Gasteiger partial charge in [0.15, 0.2) is 5.96 Å². The smallest absolute Gasteiger partial charge is 0.223 e. The maximum absolute atomic E-state index is 12.4. The molecule has 0 aliphatic heterocycles. The Bertz CT molecular complexity index is 748. The molecule has 29 heavy (non-hydrogen) atoms. The fraction of sp³-hybridized carbons (Fsp3) is 0.636. The Kier molecular flexibility index (Phi) is 7.87. The summed E-state index contributed by atoms with van der Waals surface area (Å²) in [5, 5.41) is 10.3. The van der Waals surface area contributed by atoms with Crippen LogP contribution in [0.15, 0.2) is 33.7 Å². The zero-order chi connectivity index (χ0) is 19.6. The summed E-state index contributed by atoms with van der Waals surface area (Å²) in [6.07, 6.45) is 8.82.